The van der Waals surface area contributed by atoms with E-state index in [-0.39, 0.29) is 5.15 Å². The molecule has 0 atom stereocenters. The monoisotopic (exact) mass is 248 g/mol. The lowest BCUT2D eigenvalue weighted by Gasteiger charge is -2.13. The van der Waals surface area contributed by atoms with Crippen LogP contribution in [-0.4, -0.2) is 31.7 Å². The van der Waals surface area contributed by atoms with Gasteiger partial charge in [0.05, 0.1) is 7.11 Å². The first kappa shape index (κ1) is 12.3. The molecule has 84 valence electrons. The predicted octanol–water partition coefficient (Wildman–Crippen LogP) is 2.43. The average molecular weight is 249 g/mol. The number of methoxy groups -OCH3 is 1. The minimum absolute atomic E-state index is 0.213. The maximum Gasteiger partial charge on any atom is 0.351 e. The number of nitrogens with zero attached hydrogens (tertiary/aromatic N) is 2. The molecular formula is C9H13ClN2O2S. The number of carbonyl (C=O) groups excluding carboxylic acids is 1. The van der Waals surface area contributed by atoms with Crippen molar-refractivity contribution in [3.8, 4) is 0 Å². The van der Waals surface area contributed by atoms with Crippen molar-refractivity contribution in [2.45, 2.75) is 13.3 Å². The van der Waals surface area contributed by atoms with E-state index >= 15 is 0 Å². The maximum atomic E-state index is 11.3. The van der Waals surface area contributed by atoms with Gasteiger partial charge in [-0.1, -0.05) is 29.9 Å². The van der Waals surface area contributed by atoms with Crippen LogP contribution in [0.2, 0.25) is 5.15 Å². The molecule has 0 N–H and O–H groups in total. The van der Waals surface area contributed by atoms with E-state index in [0.29, 0.717) is 4.88 Å². The second-order valence-corrected chi connectivity index (χ2v) is 4.37. The molecule has 1 aromatic heterocycles. The SMILES string of the molecule is CCCN(C)c1nc(Cl)c(C(=O)OC)s1. The number of carbonyl (C=O) groups is 1. The van der Waals surface area contributed by atoms with Crippen LogP contribution in [0.5, 0.6) is 0 Å². The highest BCUT2D eigenvalue weighted by Crippen LogP contribution is 2.29. The second kappa shape index (κ2) is 5.32. The van der Waals surface area contributed by atoms with E-state index in [4.69, 9.17) is 11.6 Å². The molecule has 0 saturated carbocycles. The number of hydrogen-bond donors (Lipinski definition) is 0. The Labute approximate surface area is 97.8 Å². The van der Waals surface area contributed by atoms with Crippen molar-refractivity contribution in [2.75, 3.05) is 25.6 Å². The summed E-state index contributed by atoms with van der Waals surface area (Å²) in [7, 11) is 3.24. The van der Waals surface area contributed by atoms with Crippen LogP contribution in [-0.2, 0) is 4.74 Å². The first-order valence-corrected chi connectivity index (χ1v) is 5.75. The standard InChI is InChI=1S/C9H13ClN2O2S/c1-4-5-12(2)9-11-7(10)6(15-9)8(13)14-3/h4-5H2,1-3H3. The number of anilines is 1. The summed E-state index contributed by atoms with van der Waals surface area (Å²) in [5.41, 5.74) is 0. The lowest BCUT2D eigenvalue weighted by atomic mass is 10.5. The van der Waals surface area contributed by atoms with Crippen LogP contribution >= 0.6 is 22.9 Å². The molecule has 15 heavy (non-hydrogen) atoms. The zero-order valence-electron chi connectivity index (χ0n) is 8.91. The molecular weight excluding hydrogens is 236 g/mol. The Balaban J connectivity index is 2.90. The van der Waals surface area contributed by atoms with Gasteiger partial charge in [0.25, 0.3) is 0 Å². The Hall–Kier alpha value is -0.810. The fraction of sp³-hybridized carbons (Fsp3) is 0.556. The van der Waals surface area contributed by atoms with Crippen LogP contribution in [0.15, 0.2) is 0 Å². The van der Waals surface area contributed by atoms with Gasteiger partial charge in [0.1, 0.15) is 0 Å². The fourth-order valence-electron chi connectivity index (χ4n) is 1.10. The van der Waals surface area contributed by atoms with Gasteiger partial charge in [-0.15, -0.1) is 0 Å². The quantitative estimate of drug-likeness (QED) is 0.768. The van der Waals surface area contributed by atoms with E-state index in [1.165, 1.54) is 18.4 Å². The van der Waals surface area contributed by atoms with Crippen molar-refractivity contribution in [2.24, 2.45) is 0 Å². The molecule has 1 rings (SSSR count). The molecule has 0 aromatic carbocycles. The smallest absolute Gasteiger partial charge is 0.351 e. The zero-order chi connectivity index (χ0) is 11.4. The Morgan fingerprint density at radius 2 is 2.33 bits per heavy atom. The Morgan fingerprint density at radius 1 is 1.67 bits per heavy atom. The van der Waals surface area contributed by atoms with E-state index in [0.717, 1.165) is 18.1 Å². The molecule has 0 unspecified atom stereocenters. The molecule has 0 spiro atoms. The number of esters is 1. The van der Waals surface area contributed by atoms with Gasteiger partial charge < -0.3 is 9.64 Å². The number of rotatable bonds is 4. The number of thiazole rings is 1. The van der Waals surface area contributed by atoms with Crippen molar-refractivity contribution in [3.05, 3.63) is 10.0 Å². The van der Waals surface area contributed by atoms with Crippen molar-refractivity contribution in [1.29, 1.82) is 0 Å². The molecule has 0 aliphatic carbocycles. The first-order chi connectivity index (χ1) is 7.10. The fourth-order valence-corrected chi connectivity index (χ4v) is 2.29. The third-order valence-corrected chi connectivity index (χ3v) is 3.37. The summed E-state index contributed by atoms with van der Waals surface area (Å²) in [5.74, 6) is -0.436. The van der Waals surface area contributed by atoms with Gasteiger partial charge in [0.2, 0.25) is 0 Å². The molecule has 0 aliphatic rings. The summed E-state index contributed by atoms with van der Waals surface area (Å²) in [4.78, 5) is 17.7. The third-order valence-electron chi connectivity index (χ3n) is 1.83. The van der Waals surface area contributed by atoms with Gasteiger partial charge in [-0.3, -0.25) is 0 Å². The van der Waals surface area contributed by atoms with Crippen LogP contribution in [0, 0.1) is 0 Å². The molecule has 0 saturated heterocycles. The van der Waals surface area contributed by atoms with Crippen molar-refractivity contribution >= 4 is 34.0 Å². The highest BCUT2D eigenvalue weighted by Gasteiger charge is 2.18. The van der Waals surface area contributed by atoms with Crippen LogP contribution in [0.4, 0.5) is 5.13 Å². The highest BCUT2D eigenvalue weighted by atomic mass is 35.5. The number of hydrogen-bond acceptors (Lipinski definition) is 5. The minimum Gasteiger partial charge on any atom is -0.465 e. The molecule has 0 bridgehead atoms. The maximum absolute atomic E-state index is 11.3. The summed E-state index contributed by atoms with van der Waals surface area (Å²) in [6.45, 7) is 2.96. The van der Waals surface area contributed by atoms with Gasteiger partial charge >= 0.3 is 5.97 Å². The van der Waals surface area contributed by atoms with Crippen LogP contribution in [0.3, 0.4) is 0 Å². The van der Waals surface area contributed by atoms with Crippen molar-refractivity contribution in [1.82, 2.24) is 4.98 Å². The molecule has 1 aromatic rings. The van der Waals surface area contributed by atoms with E-state index in [1.807, 2.05) is 11.9 Å². The van der Waals surface area contributed by atoms with E-state index < -0.39 is 5.97 Å². The topological polar surface area (TPSA) is 42.4 Å². The lowest BCUT2D eigenvalue weighted by molar-refractivity contribution is 0.0606. The minimum atomic E-state index is -0.436. The number of aromatic nitrogens is 1. The largest absolute Gasteiger partial charge is 0.465 e. The molecule has 4 nitrogen and oxygen atoms in total. The Kier molecular flexibility index (Phi) is 4.35. The summed E-state index contributed by atoms with van der Waals surface area (Å²) >= 11 is 7.08. The van der Waals surface area contributed by atoms with E-state index in [1.54, 1.807) is 0 Å². The van der Waals surface area contributed by atoms with Crippen LogP contribution in [0.25, 0.3) is 0 Å². The van der Waals surface area contributed by atoms with Crippen molar-refractivity contribution in [3.63, 3.8) is 0 Å². The molecule has 0 aliphatic heterocycles. The van der Waals surface area contributed by atoms with Gasteiger partial charge in [-0.2, -0.15) is 0 Å². The van der Waals surface area contributed by atoms with Gasteiger partial charge in [-0.25, -0.2) is 9.78 Å². The number of halogens is 1. The van der Waals surface area contributed by atoms with Gasteiger partial charge in [0, 0.05) is 13.6 Å². The molecule has 1 heterocycles. The molecule has 0 radical (unpaired) electrons. The molecule has 0 amide bonds. The summed E-state index contributed by atoms with van der Waals surface area (Å²) < 4.78 is 4.60. The molecule has 0 fully saturated rings. The predicted molar refractivity (Wildman–Crippen MR) is 62.0 cm³/mol. The summed E-state index contributed by atoms with van der Waals surface area (Å²) in [6.07, 6.45) is 1.02. The van der Waals surface area contributed by atoms with Gasteiger partial charge in [-0.05, 0) is 6.42 Å². The second-order valence-electron chi connectivity index (χ2n) is 3.03. The number of ether oxygens (including phenoxy) is 1. The summed E-state index contributed by atoms with van der Waals surface area (Å²) in [6, 6.07) is 0. The zero-order valence-corrected chi connectivity index (χ0v) is 10.5. The normalized spacial score (nSPS) is 10.1. The van der Waals surface area contributed by atoms with E-state index in [2.05, 4.69) is 16.6 Å². The molecule has 6 heteroatoms. The van der Waals surface area contributed by atoms with Crippen molar-refractivity contribution < 1.29 is 9.53 Å². The van der Waals surface area contributed by atoms with Crippen LogP contribution in [0.1, 0.15) is 23.0 Å². The highest BCUT2D eigenvalue weighted by molar-refractivity contribution is 7.18. The third kappa shape index (κ3) is 2.82. The average Bonchev–Trinajstić information content (AvgIpc) is 2.60. The van der Waals surface area contributed by atoms with Gasteiger partial charge in [0.15, 0.2) is 15.2 Å². The lowest BCUT2D eigenvalue weighted by Crippen LogP contribution is -2.17. The van der Waals surface area contributed by atoms with Crippen LogP contribution < -0.4 is 4.90 Å². The summed E-state index contributed by atoms with van der Waals surface area (Å²) in [5, 5.41) is 0.951. The Bertz CT molecular complexity index is 354. The Morgan fingerprint density at radius 3 is 2.87 bits per heavy atom. The first-order valence-electron chi connectivity index (χ1n) is 4.56. The van der Waals surface area contributed by atoms with E-state index in [9.17, 15) is 4.79 Å².